The third-order valence-corrected chi connectivity index (χ3v) is 4.17. The van der Waals surface area contributed by atoms with Gasteiger partial charge in [0.1, 0.15) is 5.69 Å². The van der Waals surface area contributed by atoms with Gasteiger partial charge in [-0.15, -0.1) is 5.11 Å². The minimum Gasteiger partial charge on any atom is -0.373 e. The Morgan fingerprint density at radius 2 is 1.88 bits per heavy atom. The zero-order chi connectivity index (χ0) is 19.1. The van der Waals surface area contributed by atoms with Crippen LogP contribution in [-0.4, -0.2) is 22.6 Å². The molecule has 0 spiro atoms. The van der Waals surface area contributed by atoms with Crippen LogP contribution < -0.4 is 4.90 Å². The minimum absolute atomic E-state index is 0.0466. The fraction of sp³-hybridized carbons (Fsp3) is 0.389. The lowest BCUT2D eigenvalue weighted by molar-refractivity contribution is 0.688. The smallest absolute Gasteiger partial charge is 0.373 e. The summed E-state index contributed by atoms with van der Waals surface area (Å²) < 4.78 is 1.61. The minimum atomic E-state index is 0.0466. The van der Waals surface area contributed by atoms with E-state index in [2.05, 4.69) is 43.6 Å². The molecule has 0 fully saturated rings. The summed E-state index contributed by atoms with van der Waals surface area (Å²) in [6.07, 6.45) is 0.790. The van der Waals surface area contributed by atoms with E-state index in [1.165, 1.54) is 0 Å². The van der Waals surface area contributed by atoms with Gasteiger partial charge in [0.15, 0.2) is 0 Å². The van der Waals surface area contributed by atoms with Gasteiger partial charge in [-0.2, -0.15) is 0 Å². The topological polar surface area (TPSA) is 54.5 Å². The molecular formula is C18H20ClN7. The number of halogens is 1. The highest BCUT2D eigenvalue weighted by molar-refractivity contribution is 6.33. The van der Waals surface area contributed by atoms with Crippen LogP contribution in [0, 0.1) is 13.1 Å². The molecule has 1 aromatic carbocycles. The maximum atomic E-state index is 7.27. The van der Waals surface area contributed by atoms with E-state index in [-0.39, 0.29) is 17.6 Å². The zero-order valence-electron chi connectivity index (χ0n) is 15.1. The number of hydrogen-bond donors (Lipinski definition) is 0. The van der Waals surface area contributed by atoms with Gasteiger partial charge in [-0.3, -0.25) is 0 Å². The summed E-state index contributed by atoms with van der Waals surface area (Å²) in [4.78, 5) is 13.0. The van der Waals surface area contributed by atoms with Crippen molar-refractivity contribution in [3.8, 4) is 0 Å². The molecule has 0 unspecified atom stereocenters. The third-order valence-electron chi connectivity index (χ3n) is 3.87. The second kappa shape index (κ2) is 8.98. The Morgan fingerprint density at radius 1 is 1.15 bits per heavy atom. The molecule has 0 saturated carbocycles. The largest absolute Gasteiger partial charge is 0.416 e. The van der Waals surface area contributed by atoms with Gasteiger partial charge in [0.2, 0.25) is 0 Å². The summed E-state index contributed by atoms with van der Waals surface area (Å²) in [6.45, 7) is 22.9. The standard InChI is InChI=1S/C18H20ClN7/c1-6-11-26-17(21-5)16(20-4)22-18(26)24-23-15-10-9-13(12-14(15)19)25(7-2)8-3/h9-10,12H,6-8,11H2,1-3H3. The average molecular weight is 370 g/mol. The molecule has 0 aliphatic rings. The van der Waals surface area contributed by atoms with Crippen LogP contribution in [0.2, 0.25) is 5.02 Å². The van der Waals surface area contributed by atoms with Crippen molar-refractivity contribution in [2.45, 2.75) is 33.7 Å². The quantitative estimate of drug-likeness (QED) is 0.424. The molecule has 0 saturated heterocycles. The fourth-order valence-corrected chi connectivity index (χ4v) is 2.79. The molecule has 0 aliphatic carbocycles. The van der Waals surface area contributed by atoms with E-state index < -0.39 is 0 Å². The molecule has 2 rings (SSSR count). The van der Waals surface area contributed by atoms with Gasteiger partial charge >= 0.3 is 5.95 Å². The molecule has 26 heavy (non-hydrogen) atoms. The number of rotatable bonds is 7. The predicted molar refractivity (Wildman–Crippen MR) is 104 cm³/mol. The van der Waals surface area contributed by atoms with Crippen LogP contribution in [0.1, 0.15) is 27.2 Å². The molecule has 8 heteroatoms. The van der Waals surface area contributed by atoms with Crippen molar-refractivity contribution in [1.82, 2.24) is 9.55 Å². The van der Waals surface area contributed by atoms with Gasteiger partial charge in [0.25, 0.3) is 11.6 Å². The Morgan fingerprint density at radius 3 is 2.42 bits per heavy atom. The fourth-order valence-electron chi connectivity index (χ4n) is 2.57. The van der Waals surface area contributed by atoms with E-state index in [1.807, 2.05) is 19.1 Å². The van der Waals surface area contributed by atoms with E-state index in [0.29, 0.717) is 17.3 Å². The first-order valence-electron chi connectivity index (χ1n) is 8.41. The highest BCUT2D eigenvalue weighted by Gasteiger charge is 2.21. The molecule has 0 atom stereocenters. The molecule has 2 aromatic rings. The Kier molecular flexibility index (Phi) is 6.71. The average Bonchev–Trinajstić information content (AvgIpc) is 2.99. The first-order valence-corrected chi connectivity index (χ1v) is 8.78. The molecule has 0 bridgehead atoms. The predicted octanol–water partition coefficient (Wildman–Crippen LogP) is 6.31. The summed E-state index contributed by atoms with van der Waals surface area (Å²) in [5, 5.41) is 8.81. The van der Waals surface area contributed by atoms with Crippen LogP contribution in [0.5, 0.6) is 0 Å². The highest BCUT2D eigenvalue weighted by Crippen LogP contribution is 2.35. The first-order chi connectivity index (χ1) is 12.6. The van der Waals surface area contributed by atoms with Gasteiger partial charge in [-0.25, -0.2) is 4.57 Å². The summed E-state index contributed by atoms with van der Waals surface area (Å²) >= 11 is 6.34. The second-order valence-electron chi connectivity index (χ2n) is 5.44. The summed E-state index contributed by atoms with van der Waals surface area (Å²) in [7, 11) is 0. The third kappa shape index (κ3) is 4.01. The van der Waals surface area contributed by atoms with Crippen molar-refractivity contribution in [2.75, 3.05) is 18.0 Å². The lowest BCUT2D eigenvalue weighted by atomic mass is 10.2. The van der Waals surface area contributed by atoms with Crippen molar-refractivity contribution in [2.24, 2.45) is 10.2 Å². The summed E-state index contributed by atoms with van der Waals surface area (Å²) in [5.41, 5.74) is 1.54. The van der Waals surface area contributed by atoms with Gasteiger partial charge in [0.05, 0.1) is 11.6 Å². The lowest BCUT2D eigenvalue weighted by Gasteiger charge is -2.21. The molecule has 1 heterocycles. The first kappa shape index (κ1) is 19.4. The number of benzene rings is 1. The molecule has 0 amide bonds. The molecular weight excluding hydrogens is 350 g/mol. The van der Waals surface area contributed by atoms with Crippen molar-refractivity contribution in [3.05, 3.63) is 46.1 Å². The summed E-state index contributed by atoms with van der Waals surface area (Å²) in [6, 6.07) is 5.61. The number of aromatic nitrogens is 2. The highest BCUT2D eigenvalue weighted by atomic mass is 35.5. The lowest BCUT2D eigenvalue weighted by Crippen LogP contribution is -2.21. The SMILES string of the molecule is [C-]#[N+]c1nc(N=Nc2ccc(N(CC)CC)cc2Cl)n(CCC)c1[N+]#[C-]. The van der Waals surface area contributed by atoms with Crippen molar-refractivity contribution in [1.29, 1.82) is 0 Å². The van der Waals surface area contributed by atoms with E-state index in [4.69, 9.17) is 24.7 Å². The molecule has 0 aliphatic heterocycles. The van der Waals surface area contributed by atoms with Crippen molar-refractivity contribution < 1.29 is 0 Å². The Bertz CT molecular complexity index is 882. The van der Waals surface area contributed by atoms with E-state index in [1.54, 1.807) is 10.6 Å². The Balaban J connectivity index is 2.37. The molecule has 0 radical (unpaired) electrons. The van der Waals surface area contributed by atoms with E-state index >= 15 is 0 Å². The monoisotopic (exact) mass is 369 g/mol. The van der Waals surface area contributed by atoms with Crippen LogP contribution in [-0.2, 0) is 6.54 Å². The van der Waals surface area contributed by atoms with Crippen molar-refractivity contribution in [3.63, 3.8) is 0 Å². The van der Waals surface area contributed by atoms with Gasteiger partial charge in [-0.05, 0) is 38.5 Å². The number of nitrogens with zero attached hydrogens (tertiary/aromatic N) is 7. The molecule has 1 aromatic heterocycles. The number of anilines is 1. The van der Waals surface area contributed by atoms with Gasteiger partial charge < -0.3 is 14.6 Å². The van der Waals surface area contributed by atoms with Crippen LogP contribution in [0.25, 0.3) is 9.69 Å². The molecule has 134 valence electrons. The van der Waals surface area contributed by atoms with Crippen LogP contribution >= 0.6 is 11.6 Å². The van der Waals surface area contributed by atoms with E-state index in [9.17, 15) is 0 Å². The van der Waals surface area contributed by atoms with Gasteiger partial charge in [-0.1, -0.05) is 41.8 Å². The summed E-state index contributed by atoms with van der Waals surface area (Å²) in [5.74, 6) is 0.483. The molecule has 0 N–H and O–H groups in total. The second-order valence-corrected chi connectivity index (χ2v) is 5.85. The normalized spacial score (nSPS) is 10.7. The van der Waals surface area contributed by atoms with Gasteiger partial charge in [0, 0.05) is 18.8 Å². The van der Waals surface area contributed by atoms with Crippen LogP contribution in [0.4, 0.5) is 29.0 Å². The maximum absolute atomic E-state index is 7.27. The Hall–Kier alpha value is -2.90. The van der Waals surface area contributed by atoms with Crippen LogP contribution in [0.3, 0.4) is 0 Å². The number of hydrogen-bond acceptors (Lipinski definition) is 4. The van der Waals surface area contributed by atoms with E-state index in [0.717, 1.165) is 25.2 Å². The van der Waals surface area contributed by atoms with Crippen LogP contribution in [0.15, 0.2) is 28.4 Å². The molecule has 7 nitrogen and oxygen atoms in total. The zero-order valence-corrected chi connectivity index (χ0v) is 15.8. The van der Waals surface area contributed by atoms with Crippen molar-refractivity contribution >= 4 is 40.6 Å². The number of azo groups is 1. The number of imidazole rings is 1. The maximum Gasteiger partial charge on any atom is 0.416 e. The Labute approximate surface area is 158 Å².